The molecule has 236 valence electrons. The Morgan fingerprint density at radius 2 is 1.87 bits per heavy atom. The van der Waals surface area contributed by atoms with Gasteiger partial charge in [-0.3, -0.25) is 9.78 Å². The molecule has 11 heteroatoms. The number of hydrogen-bond acceptors (Lipinski definition) is 9. The fourth-order valence-corrected chi connectivity index (χ4v) is 5.14. The number of carbonyl (C=O) groups excluding carboxylic acids is 2. The van der Waals surface area contributed by atoms with Gasteiger partial charge in [0, 0.05) is 80.3 Å². The van der Waals surface area contributed by atoms with Crippen LogP contribution >= 0.6 is 0 Å². The molecule has 0 saturated carbocycles. The molecule has 0 unspecified atom stereocenters. The molecule has 3 heterocycles. The maximum atomic E-state index is 13.5. The highest BCUT2D eigenvalue weighted by atomic mass is 16.5. The van der Waals surface area contributed by atoms with Crippen molar-refractivity contribution in [1.29, 1.82) is 0 Å². The molecule has 5 rings (SSSR count). The molecule has 46 heavy (non-hydrogen) atoms. The zero-order valence-corrected chi connectivity index (χ0v) is 26.7. The number of aromatic nitrogens is 4. The van der Waals surface area contributed by atoms with Crippen LogP contribution in [-0.2, 0) is 18.3 Å². The zero-order valence-electron chi connectivity index (χ0n) is 26.7. The zero-order chi connectivity index (χ0) is 32.8. The number of amides is 1. The summed E-state index contributed by atoms with van der Waals surface area (Å²) in [4.78, 5) is 43.6. The van der Waals surface area contributed by atoms with Crippen molar-refractivity contribution in [3.8, 4) is 22.8 Å². The number of esters is 1. The summed E-state index contributed by atoms with van der Waals surface area (Å²) in [6.45, 7) is 5.14. The van der Waals surface area contributed by atoms with E-state index in [1.165, 1.54) is 18.5 Å². The summed E-state index contributed by atoms with van der Waals surface area (Å²) in [5.41, 5.74) is 4.56. The molecule has 0 fully saturated rings. The minimum Gasteiger partial charge on any atom is -0.496 e. The Hall–Kier alpha value is -5.55. The van der Waals surface area contributed by atoms with Gasteiger partial charge in [0.2, 0.25) is 5.91 Å². The number of rotatable bonds is 12. The fraction of sp³-hybridized carbons (Fsp3) is 0.229. The first-order valence-electron chi connectivity index (χ1n) is 14.7. The Bertz CT molecular complexity index is 1890. The first-order chi connectivity index (χ1) is 22.2. The van der Waals surface area contributed by atoms with Crippen LogP contribution < -0.4 is 19.7 Å². The lowest BCUT2D eigenvalue weighted by molar-refractivity contribution is -0.111. The number of ether oxygens (including phenoxy) is 2. The van der Waals surface area contributed by atoms with E-state index in [1.54, 1.807) is 25.4 Å². The number of para-hydroxylation sites is 1. The van der Waals surface area contributed by atoms with Crippen LogP contribution in [0.25, 0.3) is 22.2 Å². The van der Waals surface area contributed by atoms with Crippen LogP contribution in [0.3, 0.4) is 0 Å². The molecule has 3 aromatic heterocycles. The highest BCUT2D eigenvalue weighted by Gasteiger charge is 2.23. The third kappa shape index (κ3) is 7.05. The Morgan fingerprint density at radius 3 is 2.59 bits per heavy atom. The van der Waals surface area contributed by atoms with E-state index in [2.05, 4.69) is 31.7 Å². The van der Waals surface area contributed by atoms with Gasteiger partial charge < -0.3 is 29.2 Å². The molecule has 0 spiro atoms. The van der Waals surface area contributed by atoms with Gasteiger partial charge in [0.25, 0.3) is 0 Å². The molecule has 0 aliphatic carbocycles. The monoisotopic (exact) mass is 619 g/mol. The number of hydrogen-bond donors (Lipinski definition) is 1. The van der Waals surface area contributed by atoms with Crippen molar-refractivity contribution in [2.45, 2.75) is 6.42 Å². The second-order valence-corrected chi connectivity index (χ2v) is 11.1. The van der Waals surface area contributed by atoms with Gasteiger partial charge in [-0.2, -0.15) is 0 Å². The molecule has 0 aliphatic heterocycles. The van der Waals surface area contributed by atoms with E-state index in [0.29, 0.717) is 28.7 Å². The van der Waals surface area contributed by atoms with Crippen LogP contribution in [0.2, 0.25) is 0 Å². The number of fused-ring (bicyclic) bond motifs is 1. The highest BCUT2D eigenvalue weighted by molar-refractivity contribution is 6.03. The summed E-state index contributed by atoms with van der Waals surface area (Å²) >= 11 is 0. The lowest BCUT2D eigenvalue weighted by Gasteiger charge is -2.25. The van der Waals surface area contributed by atoms with Gasteiger partial charge in [-0.15, -0.1) is 0 Å². The minimum absolute atomic E-state index is 0.215. The average molecular weight is 620 g/mol. The second-order valence-electron chi connectivity index (χ2n) is 11.1. The normalized spacial score (nSPS) is 11.0. The first-order valence-corrected chi connectivity index (χ1v) is 14.7. The van der Waals surface area contributed by atoms with Gasteiger partial charge in [-0.05, 0) is 44.4 Å². The number of pyridine rings is 1. The molecule has 0 radical (unpaired) electrons. The van der Waals surface area contributed by atoms with Crippen molar-refractivity contribution >= 4 is 34.2 Å². The summed E-state index contributed by atoms with van der Waals surface area (Å²) in [5, 5.41) is 3.87. The van der Waals surface area contributed by atoms with Gasteiger partial charge in [0.1, 0.15) is 22.9 Å². The molecular weight excluding hydrogens is 582 g/mol. The molecule has 0 aliphatic rings. The maximum Gasteiger partial charge on any atom is 0.347 e. The number of anilines is 2. The number of nitrogens with one attached hydrogen (secondary N) is 1. The molecule has 5 aromatic rings. The predicted molar refractivity (Wildman–Crippen MR) is 180 cm³/mol. The Labute approximate surface area is 268 Å². The number of likely N-dealkylation sites (N-methyl/N-ethyl adjacent to an activating group) is 2. The lowest BCUT2D eigenvalue weighted by Crippen LogP contribution is -2.29. The summed E-state index contributed by atoms with van der Waals surface area (Å²) in [6, 6.07) is 15.0. The van der Waals surface area contributed by atoms with Crippen LogP contribution in [0.1, 0.15) is 21.7 Å². The number of methoxy groups -OCH3 is 1. The highest BCUT2D eigenvalue weighted by Crippen LogP contribution is 2.36. The summed E-state index contributed by atoms with van der Waals surface area (Å²) in [5.74, 6) is 0.450. The Balaban J connectivity index is 1.59. The quantitative estimate of drug-likeness (QED) is 0.153. The van der Waals surface area contributed by atoms with Crippen LogP contribution in [0.5, 0.6) is 11.5 Å². The maximum absolute atomic E-state index is 13.5. The van der Waals surface area contributed by atoms with Gasteiger partial charge in [-0.1, -0.05) is 24.8 Å². The Morgan fingerprint density at radius 1 is 1.07 bits per heavy atom. The minimum atomic E-state index is -0.598. The predicted octanol–water partition coefficient (Wildman–Crippen LogP) is 4.97. The summed E-state index contributed by atoms with van der Waals surface area (Å²) in [7, 11) is 9.53. The average Bonchev–Trinajstić information content (AvgIpc) is 3.40. The van der Waals surface area contributed by atoms with E-state index in [1.807, 2.05) is 75.4 Å². The molecule has 0 bridgehead atoms. The van der Waals surface area contributed by atoms with E-state index in [9.17, 15) is 9.59 Å². The summed E-state index contributed by atoms with van der Waals surface area (Å²) < 4.78 is 13.5. The van der Waals surface area contributed by atoms with Gasteiger partial charge >= 0.3 is 5.97 Å². The van der Waals surface area contributed by atoms with E-state index >= 15 is 0 Å². The van der Waals surface area contributed by atoms with Crippen molar-refractivity contribution in [2.24, 2.45) is 7.05 Å². The topological polar surface area (TPSA) is 115 Å². The van der Waals surface area contributed by atoms with Crippen molar-refractivity contribution in [2.75, 3.05) is 51.6 Å². The van der Waals surface area contributed by atoms with Crippen LogP contribution in [0.4, 0.5) is 11.4 Å². The van der Waals surface area contributed by atoms with E-state index in [0.717, 1.165) is 40.8 Å². The molecule has 1 N–H and O–H groups in total. The lowest BCUT2D eigenvalue weighted by atomic mass is 10.0. The fourth-order valence-electron chi connectivity index (χ4n) is 5.14. The van der Waals surface area contributed by atoms with Gasteiger partial charge in [0.15, 0.2) is 0 Å². The third-order valence-corrected chi connectivity index (χ3v) is 7.54. The SMILES string of the molecule is C=CC(=O)Nc1cc(Cc2ncc(C(=O)Oc3cccnc3)c(-c3cn(C)c4ccccc34)n2)c(OC)cc1N(C)CCN(C)C. The largest absolute Gasteiger partial charge is 0.496 e. The standard InChI is InChI=1S/C35H37N7O4/c1-7-33(43)38-28-17-23(31(45-6)19-30(28)41(4)16-15-40(2)3)18-32-37-21-26(35(44)46-24-11-10-14-36-20-24)34(39-32)27-22-42(5)29-13-9-8-12-25(27)29/h7-14,17,19-22H,1,15-16,18H2,2-6H3,(H,38,43). The first kappa shape index (κ1) is 31.9. The van der Waals surface area contributed by atoms with Gasteiger partial charge in [-0.25, -0.2) is 14.8 Å². The van der Waals surface area contributed by atoms with Crippen molar-refractivity contribution in [3.63, 3.8) is 0 Å². The smallest absolute Gasteiger partial charge is 0.347 e. The van der Waals surface area contributed by atoms with Crippen molar-refractivity contribution in [1.82, 2.24) is 24.4 Å². The van der Waals surface area contributed by atoms with Crippen LogP contribution in [0.15, 0.2) is 86.0 Å². The second kappa shape index (κ2) is 14.0. The molecule has 1 amide bonds. The van der Waals surface area contributed by atoms with Crippen LogP contribution in [-0.4, -0.2) is 77.6 Å². The van der Waals surface area contributed by atoms with E-state index < -0.39 is 5.97 Å². The number of aryl methyl sites for hydroxylation is 1. The molecule has 11 nitrogen and oxygen atoms in total. The summed E-state index contributed by atoms with van der Waals surface area (Å²) in [6.07, 6.45) is 8.01. The van der Waals surface area contributed by atoms with E-state index in [-0.39, 0.29) is 17.9 Å². The Kier molecular flexibility index (Phi) is 9.73. The molecule has 0 atom stereocenters. The molecule has 2 aromatic carbocycles. The van der Waals surface area contributed by atoms with Gasteiger partial charge in [0.05, 0.1) is 30.4 Å². The van der Waals surface area contributed by atoms with Crippen LogP contribution in [0, 0.1) is 0 Å². The third-order valence-electron chi connectivity index (χ3n) is 7.54. The number of benzene rings is 2. The van der Waals surface area contributed by atoms with Crippen molar-refractivity contribution < 1.29 is 19.1 Å². The van der Waals surface area contributed by atoms with E-state index in [4.69, 9.17) is 14.5 Å². The number of carbonyl (C=O) groups is 2. The number of nitrogens with zero attached hydrogens (tertiary/aromatic N) is 6. The van der Waals surface area contributed by atoms with Crippen molar-refractivity contribution in [3.05, 3.63) is 103 Å². The molecule has 0 saturated heterocycles. The molecular formula is C35H37N7O4.